The number of piperazine rings is 1. The first-order valence-corrected chi connectivity index (χ1v) is 8.18. The van der Waals surface area contributed by atoms with Gasteiger partial charge in [-0.05, 0) is 55.9 Å². The number of furan rings is 1. The highest BCUT2D eigenvalue weighted by molar-refractivity contribution is 6.01. The van der Waals surface area contributed by atoms with Crippen molar-refractivity contribution in [2.45, 2.75) is 6.92 Å². The van der Waals surface area contributed by atoms with Gasteiger partial charge >= 0.3 is 0 Å². The third-order valence-electron chi connectivity index (χ3n) is 4.25. The molecule has 0 radical (unpaired) electrons. The molecule has 0 bridgehead atoms. The van der Waals surface area contributed by atoms with Crippen LogP contribution in [0.15, 0.2) is 47.1 Å². The second kappa shape index (κ2) is 7.36. The van der Waals surface area contributed by atoms with E-state index in [1.807, 2.05) is 12.1 Å². The lowest BCUT2D eigenvalue weighted by atomic mass is 10.1. The largest absolute Gasteiger partial charge is 0.465 e. The van der Waals surface area contributed by atoms with Crippen LogP contribution in [0, 0.1) is 6.92 Å². The van der Waals surface area contributed by atoms with E-state index in [9.17, 15) is 4.79 Å². The maximum Gasteiger partial charge on any atom is 0.248 e. The van der Waals surface area contributed by atoms with Gasteiger partial charge in [-0.2, -0.15) is 0 Å². The highest BCUT2D eigenvalue weighted by Gasteiger charge is 2.16. The predicted octanol–water partition coefficient (Wildman–Crippen LogP) is 2.99. The summed E-state index contributed by atoms with van der Waals surface area (Å²) >= 11 is 0. The first-order valence-electron chi connectivity index (χ1n) is 8.18. The van der Waals surface area contributed by atoms with E-state index in [4.69, 9.17) is 4.42 Å². The van der Waals surface area contributed by atoms with E-state index < -0.39 is 0 Å². The van der Waals surface area contributed by atoms with Crippen molar-refractivity contribution in [1.82, 2.24) is 4.90 Å². The molecule has 1 aliphatic heterocycles. The van der Waals surface area contributed by atoms with Crippen molar-refractivity contribution in [3.63, 3.8) is 0 Å². The average molecular weight is 325 g/mol. The summed E-state index contributed by atoms with van der Waals surface area (Å²) in [4.78, 5) is 16.7. The molecule has 1 aliphatic rings. The third kappa shape index (κ3) is 4.06. The molecule has 24 heavy (non-hydrogen) atoms. The smallest absolute Gasteiger partial charge is 0.248 e. The van der Waals surface area contributed by atoms with Gasteiger partial charge in [0, 0.05) is 43.6 Å². The number of anilines is 2. The molecule has 0 atom stereocenters. The SMILES string of the molecule is Cc1cc(NC(=O)/C=C/c2ccco2)ccc1N1CCN(C)CC1. The van der Waals surface area contributed by atoms with Crippen LogP contribution in [0.1, 0.15) is 11.3 Å². The lowest BCUT2D eigenvalue weighted by Crippen LogP contribution is -2.44. The Morgan fingerprint density at radius 3 is 2.67 bits per heavy atom. The summed E-state index contributed by atoms with van der Waals surface area (Å²) in [5.74, 6) is 0.491. The molecule has 1 amide bonds. The molecule has 5 heteroatoms. The zero-order valence-electron chi connectivity index (χ0n) is 14.2. The van der Waals surface area contributed by atoms with Crippen LogP contribution in [-0.4, -0.2) is 44.0 Å². The van der Waals surface area contributed by atoms with Crippen molar-refractivity contribution in [3.05, 3.63) is 54.0 Å². The molecule has 1 saturated heterocycles. The maximum atomic E-state index is 12.0. The zero-order chi connectivity index (χ0) is 16.9. The van der Waals surface area contributed by atoms with Crippen LogP contribution in [0.2, 0.25) is 0 Å². The molecular weight excluding hydrogens is 302 g/mol. The Morgan fingerprint density at radius 2 is 2.00 bits per heavy atom. The van der Waals surface area contributed by atoms with E-state index in [1.165, 1.54) is 17.3 Å². The van der Waals surface area contributed by atoms with E-state index in [1.54, 1.807) is 24.5 Å². The minimum absolute atomic E-state index is 0.168. The third-order valence-corrected chi connectivity index (χ3v) is 4.25. The number of carbonyl (C=O) groups is 1. The van der Waals surface area contributed by atoms with Crippen LogP contribution >= 0.6 is 0 Å². The summed E-state index contributed by atoms with van der Waals surface area (Å²) in [5.41, 5.74) is 3.22. The molecule has 2 aromatic rings. The van der Waals surface area contributed by atoms with Crippen LogP contribution in [0.5, 0.6) is 0 Å². The van der Waals surface area contributed by atoms with Crippen molar-refractivity contribution in [1.29, 1.82) is 0 Å². The average Bonchev–Trinajstić information content (AvgIpc) is 3.08. The van der Waals surface area contributed by atoms with Crippen molar-refractivity contribution in [2.24, 2.45) is 0 Å². The minimum Gasteiger partial charge on any atom is -0.465 e. The Hall–Kier alpha value is -2.53. The Labute approximate surface area is 142 Å². The molecule has 126 valence electrons. The van der Waals surface area contributed by atoms with Gasteiger partial charge in [0.15, 0.2) is 0 Å². The number of rotatable bonds is 4. The Bertz CT molecular complexity index is 714. The highest BCUT2D eigenvalue weighted by Crippen LogP contribution is 2.24. The van der Waals surface area contributed by atoms with E-state index in [2.05, 4.69) is 35.2 Å². The molecule has 0 spiro atoms. The van der Waals surface area contributed by atoms with Crippen molar-refractivity contribution >= 4 is 23.4 Å². The molecule has 1 aromatic carbocycles. The van der Waals surface area contributed by atoms with Gasteiger partial charge in [0.05, 0.1) is 6.26 Å². The number of nitrogens with zero attached hydrogens (tertiary/aromatic N) is 2. The minimum atomic E-state index is -0.168. The molecule has 0 unspecified atom stereocenters. The summed E-state index contributed by atoms with van der Waals surface area (Å²) in [6.45, 7) is 6.32. The highest BCUT2D eigenvalue weighted by atomic mass is 16.3. The normalized spacial score (nSPS) is 15.8. The van der Waals surface area contributed by atoms with Crippen LogP contribution in [-0.2, 0) is 4.79 Å². The Balaban J connectivity index is 1.63. The number of benzene rings is 1. The monoisotopic (exact) mass is 325 g/mol. The number of carbonyl (C=O) groups excluding carboxylic acids is 1. The zero-order valence-corrected chi connectivity index (χ0v) is 14.2. The number of hydrogen-bond acceptors (Lipinski definition) is 4. The molecular formula is C19H23N3O2. The predicted molar refractivity (Wildman–Crippen MR) is 97.3 cm³/mol. The molecule has 0 saturated carbocycles. The summed E-state index contributed by atoms with van der Waals surface area (Å²) in [6, 6.07) is 9.66. The lowest BCUT2D eigenvalue weighted by molar-refractivity contribution is -0.111. The van der Waals surface area contributed by atoms with Crippen LogP contribution < -0.4 is 10.2 Å². The summed E-state index contributed by atoms with van der Waals surface area (Å²) in [6.07, 6.45) is 4.71. The second-order valence-corrected chi connectivity index (χ2v) is 6.13. The number of hydrogen-bond donors (Lipinski definition) is 1. The molecule has 0 aliphatic carbocycles. The first-order chi connectivity index (χ1) is 11.6. The van der Waals surface area contributed by atoms with Crippen LogP contribution in [0.3, 0.4) is 0 Å². The molecule has 3 rings (SSSR count). The van der Waals surface area contributed by atoms with E-state index in [0.29, 0.717) is 5.76 Å². The fourth-order valence-corrected chi connectivity index (χ4v) is 2.86. The molecule has 1 N–H and O–H groups in total. The van der Waals surface area contributed by atoms with Gasteiger partial charge in [-0.3, -0.25) is 4.79 Å². The molecule has 1 aromatic heterocycles. The van der Waals surface area contributed by atoms with Gasteiger partial charge in [-0.25, -0.2) is 0 Å². The van der Waals surface area contributed by atoms with Gasteiger partial charge in [0.25, 0.3) is 0 Å². The van der Waals surface area contributed by atoms with Gasteiger partial charge < -0.3 is 19.5 Å². The standard InChI is InChI=1S/C19H23N3O2/c1-15-14-16(20-19(23)8-6-17-4-3-13-24-17)5-7-18(15)22-11-9-21(2)10-12-22/h3-8,13-14H,9-12H2,1-2H3,(H,20,23)/b8-6+. The van der Waals surface area contributed by atoms with Gasteiger partial charge in [-0.1, -0.05) is 0 Å². The van der Waals surface area contributed by atoms with E-state index in [0.717, 1.165) is 31.9 Å². The summed E-state index contributed by atoms with van der Waals surface area (Å²) in [5, 5.41) is 2.89. The maximum absolute atomic E-state index is 12.0. The lowest BCUT2D eigenvalue weighted by Gasteiger charge is -2.35. The topological polar surface area (TPSA) is 48.7 Å². The Morgan fingerprint density at radius 1 is 1.21 bits per heavy atom. The summed E-state index contributed by atoms with van der Waals surface area (Å²) < 4.78 is 5.17. The number of aryl methyl sites for hydroxylation is 1. The van der Waals surface area contributed by atoms with E-state index in [-0.39, 0.29) is 5.91 Å². The van der Waals surface area contributed by atoms with Crippen LogP contribution in [0.4, 0.5) is 11.4 Å². The van der Waals surface area contributed by atoms with E-state index >= 15 is 0 Å². The summed E-state index contributed by atoms with van der Waals surface area (Å²) in [7, 11) is 2.15. The van der Waals surface area contributed by atoms with Crippen LogP contribution in [0.25, 0.3) is 6.08 Å². The second-order valence-electron chi connectivity index (χ2n) is 6.13. The van der Waals surface area contributed by atoms with Crippen molar-refractivity contribution in [2.75, 3.05) is 43.4 Å². The first kappa shape index (κ1) is 16.3. The number of amides is 1. The Kier molecular flexibility index (Phi) is 5.01. The van der Waals surface area contributed by atoms with Gasteiger partial charge in [-0.15, -0.1) is 0 Å². The van der Waals surface area contributed by atoms with Gasteiger partial charge in [0.1, 0.15) is 5.76 Å². The number of likely N-dealkylation sites (N-methyl/N-ethyl adjacent to an activating group) is 1. The molecule has 5 nitrogen and oxygen atoms in total. The molecule has 2 heterocycles. The molecule has 1 fully saturated rings. The fourth-order valence-electron chi connectivity index (χ4n) is 2.86. The number of nitrogens with one attached hydrogen (secondary N) is 1. The van der Waals surface area contributed by atoms with Crippen molar-refractivity contribution < 1.29 is 9.21 Å². The van der Waals surface area contributed by atoms with Crippen molar-refractivity contribution in [3.8, 4) is 0 Å². The van der Waals surface area contributed by atoms with Gasteiger partial charge in [0.2, 0.25) is 5.91 Å². The fraction of sp³-hybridized carbons (Fsp3) is 0.316. The quantitative estimate of drug-likeness (QED) is 0.878.